The van der Waals surface area contributed by atoms with E-state index in [2.05, 4.69) is 10.2 Å². The molecule has 0 aliphatic heterocycles. The zero-order valence-electron chi connectivity index (χ0n) is 6.74. The Labute approximate surface area is 72.0 Å². The Bertz CT molecular complexity index is 371. The van der Waals surface area contributed by atoms with E-state index in [-0.39, 0.29) is 19.4 Å². The molecule has 0 aromatic carbocycles. The van der Waals surface area contributed by atoms with E-state index in [1.54, 1.807) is 0 Å². The Hall–Kier alpha value is -1.79. The molecule has 1 rings (SSSR count). The Morgan fingerprint density at radius 2 is 1.85 bits per heavy atom. The normalized spacial score (nSPS) is 10.2. The molecule has 0 saturated carbocycles. The number of rotatable bonds is 4. The second kappa shape index (κ2) is 3.74. The van der Waals surface area contributed by atoms with Crippen LogP contribution >= 0.6 is 0 Å². The number of aromatic amines is 2. The van der Waals surface area contributed by atoms with Gasteiger partial charge in [0.2, 0.25) is 0 Å². The van der Waals surface area contributed by atoms with Gasteiger partial charge in [-0.2, -0.15) is 0 Å². The fourth-order valence-corrected chi connectivity index (χ4v) is 0.926. The Morgan fingerprint density at radius 1 is 1.31 bits per heavy atom. The van der Waals surface area contributed by atoms with Crippen molar-refractivity contribution in [2.75, 3.05) is 0 Å². The number of hydrogen-bond acceptors (Lipinski definition) is 3. The lowest BCUT2D eigenvalue weighted by Gasteiger charge is -1.95. The molecular weight excluding hydrogens is 178 g/mol. The maximum absolute atomic E-state index is 10.8. The molecule has 7 nitrogen and oxygen atoms in total. The molecule has 0 unspecified atom stereocenters. The van der Waals surface area contributed by atoms with Crippen LogP contribution in [0.1, 0.15) is 12.8 Å². The summed E-state index contributed by atoms with van der Waals surface area (Å²) in [4.78, 5) is 31.8. The van der Waals surface area contributed by atoms with Gasteiger partial charge in [0.15, 0.2) is 0 Å². The molecule has 1 aromatic heterocycles. The monoisotopic (exact) mass is 187 g/mol. The maximum atomic E-state index is 10.8. The van der Waals surface area contributed by atoms with Gasteiger partial charge in [-0.25, -0.2) is 24.4 Å². The zero-order valence-corrected chi connectivity index (χ0v) is 6.74. The first kappa shape index (κ1) is 9.30. The van der Waals surface area contributed by atoms with Crippen LogP contribution < -0.4 is 11.4 Å². The fourth-order valence-electron chi connectivity index (χ4n) is 0.926. The van der Waals surface area contributed by atoms with Crippen molar-refractivity contribution in [3.05, 3.63) is 21.0 Å². The van der Waals surface area contributed by atoms with E-state index in [0.29, 0.717) is 0 Å². The van der Waals surface area contributed by atoms with E-state index in [4.69, 9.17) is 5.11 Å². The van der Waals surface area contributed by atoms with Crippen LogP contribution in [0, 0.1) is 0 Å². The number of aliphatic carboxylic acids is 1. The molecule has 0 aliphatic carbocycles. The van der Waals surface area contributed by atoms with Crippen LogP contribution in [0.3, 0.4) is 0 Å². The van der Waals surface area contributed by atoms with Gasteiger partial charge in [0.25, 0.3) is 0 Å². The molecule has 0 atom stereocenters. The third-order valence-electron chi connectivity index (χ3n) is 1.54. The molecule has 0 radical (unpaired) electrons. The SMILES string of the molecule is O=C(O)CCCn1c(=O)[nH][nH]c1=O. The van der Waals surface area contributed by atoms with E-state index >= 15 is 0 Å². The van der Waals surface area contributed by atoms with Gasteiger partial charge < -0.3 is 5.11 Å². The van der Waals surface area contributed by atoms with Crippen LogP contribution in [-0.4, -0.2) is 25.8 Å². The molecule has 13 heavy (non-hydrogen) atoms. The van der Waals surface area contributed by atoms with Crippen LogP contribution in [-0.2, 0) is 11.3 Å². The van der Waals surface area contributed by atoms with E-state index in [1.165, 1.54) is 0 Å². The minimum atomic E-state index is -0.944. The summed E-state index contributed by atoms with van der Waals surface area (Å²) in [5.41, 5.74) is -1.09. The summed E-state index contributed by atoms with van der Waals surface area (Å²) in [5, 5.41) is 12.5. The minimum Gasteiger partial charge on any atom is -0.481 e. The van der Waals surface area contributed by atoms with Crippen LogP contribution in [0.4, 0.5) is 0 Å². The van der Waals surface area contributed by atoms with Crippen molar-refractivity contribution in [2.45, 2.75) is 19.4 Å². The quantitative estimate of drug-likeness (QED) is 0.546. The van der Waals surface area contributed by atoms with Gasteiger partial charge in [0, 0.05) is 13.0 Å². The molecule has 7 heteroatoms. The van der Waals surface area contributed by atoms with Gasteiger partial charge in [-0.15, -0.1) is 0 Å². The fraction of sp³-hybridized carbons (Fsp3) is 0.500. The van der Waals surface area contributed by atoms with Crippen LogP contribution in [0.5, 0.6) is 0 Å². The number of hydrogen-bond donors (Lipinski definition) is 3. The number of nitrogens with zero attached hydrogens (tertiary/aromatic N) is 1. The van der Waals surface area contributed by atoms with Crippen molar-refractivity contribution in [1.29, 1.82) is 0 Å². The molecule has 3 N–H and O–H groups in total. The van der Waals surface area contributed by atoms with Gasteiger partial charge in [-0.05, 0) is 6.42 Å². The largest absolute Gasteiger partial charge is 0.481 e. The molecule has 0 aliphatic rings. The summed E-state index contributed by atoms with van der Waals surface area (Å²) in [5.74, 6) is -0.944. The molecule has 1 aromatic rings. The highest BCUT2D eigenvalue weighted by Gasteiger charge is 2.03. The van der Waals surface area contributed by atoms with Gasteiger partial charge >= 0.3 is 17.3 Å². The third kappa shape index (κ3) is 2.32. The maximum Gasteiger partial charge on any atom is 0.344 e. The average molecular weight is 187 g/mol. The predicted octanol–water partition coefficient (Wildman–Crippen LogP) is -1.27. The number of carbonyl (C=O) groups is 1. The second-order valence-corrected chi connectivity index (χ2v) is 2.51. The van der Waals surface area contributed by atoms with Crippen LogP contribution in [0.25, 0.3) is 0 Å². The van der Waals surface area contributed by atoms with Crippen molar-refractivity contribution in [2.24, 2.45) is 0 Å². The minimum absolute atomic E-state index is 0.0585. The summed E-state index contributed by atoms with van der Waals surface area (Å²) >= 11 is 0. The third-order valence-corrected chi connectivity index (χ3v) is 1.54. The van der Waals surface area contributed by atoms with Crippen LogP contribution in [0.15, 0.2) is 9.59 Å². The lowest BCUT2D eigenvalue weighted by atomic mass is 10.3. The molecule has 72 valence electrons. The highest BCUT2D eigenvalue weighted by molar-refractivity contribution is 5.66. The van der Waals surface area contributed by atoms with Crippen molar-refractivity contribution in [3.8, 4) is 0 Å². The van der Waals surface area contributed by atoms with E-state index in [0.717, 1.165) is 4.57 Å². The first-order chi connectivity index (χ1) is 6.11. The summed E-state index contributed by atoms with van der Waals surface area (Å²) in [7, 11) is 0. The highest BCUT2D eigenvalue weighted by atomic mass is 16.4. The molecule has 0 amide bonds. The van der Waals surface area contributed by atoms with Crippen molar-refractivity contribution < 1.29 is 9.90 Å². The number of carboxylic acids is 1. The summed E-state index contributed by atoms with van der Waals surface area (Å²) in [6.45, 7) is 0.115. The van der Waals surface area contributed by atoms with Gasteiger partial charge in [-0.3, -0.25) is 4.79 Å². The topological polar surface area (TPSA) is 108 Å². The van der Waals surface area contributed by atoms with Crippen molar-refractivity contribution in [3.63, 3.8) is 0 Å². The average Bonchev–Trinajstić information content (AvgIpc) is 2.34. The molecule has 0 fully saturated rings. The number of nitrogens with one attached hydrogen (secondary N) is 2. The van der Waals surface area contributed by atoms with Gasteiger partial charge in [0.1, 0.15) is 0 Å². The number of H-pyrrole nitrogens is 2. The predicted molar refractivity (Wildman–Crippen MR) is 42.5 cm³/mol. The summed E-state index contributed by atoms with van der Waals surface area (Å²) in [6, 6.07) is 0. The standard InChI is InChI=1S/C6H9N3O4/c10-4(11)2-1-3-9-5(12)7-8-6(9)13/h1-3H2,(H,7,12)(H,8,13)(H,10,11). The van der Waals surface area contributed by atoms with Gasteiger partial charge in [-0.1, -0.05) is 0 Å². The van der Waals surface area contributed by atoms with Gasteiger partial charge in [0.05, 0.1) is 0 Å². The lowest BCUT2D eigenvalue weighted by Crippen LogP contribution is -2.26. The summed E-state index contributed by atoms with van der Waals surface area (Å²) < 4.78 is 0.920. The number of carboxylic acid groups (broad SMARTS) is 1. The zero-order chi connectivity index (χ0) is 9.84. The Balaban J connectivity index is 2.60. The smallest absolute Gasteiger partial charge is 0.344 e. The van der Waals surface area contributed by atoms with Crippen molar-refractivity contribution in [1.82, 2.24) is 14.8 Å². The number of aromatic nitrogens is 3. The first-order valence-corrected chi connectivity index (χ1v) is 3.70. The molecule has 0 saturated heterocycles. The van der Waals surface area contributed by atoms with Crippen LogP contribution in [0.2, 0.25) is 0 Å². The molecular formula is C6H9N3O4. The molecule has 1 heterocycles. The highest BCUT2D eigenvalue weighted by Crippen LogP contribution is 1.89. The van der Waals surface area contributed by atoms with Crippen molar-refractivity contribution >= 4 is 5.97 Å². The Morgan fingerprint density at radius 3 is 2.31 bits per heavy atom. The Kier molecular flexibility index (Phi) is 2.68. The van der Waals surface area contributed by atoms with E-state index in [1.807, 2.05) is 0 Å². The first-order valence-electron chi connectivity index (χ1n) is 3.70. The summed E-state index contributed by atoms with van der Waals surface area (Å²) in [6.07, 6.45) is 0.202. The second-order valence-electron chi connectivity index (χ2n) is 2.51. The molecule has 0 spiro atoms. The van der Waals surface area contributed by atoms with E-state index < -0.39 is 17.3 Å². The lowest BCUT2D eigenvalue weighted by molar-refractivity contribution is -0.137. The van der Waals surface area contributed by atoms with E-state index in [9.17, 15) is 14.4 Å². The molecule has 0 bridgehead atoms.